The van der Waals surface area contributed by atoms with E-state index in [9.17, 15) is 0 Å². The van der Waals surface area contributed by atoms with Gasteiger partial charge in [0.2, 0.25) is 0 Å². The van der Waals surface area contributed by atoms with Crippen molar-refractivity contribution < 1.29 is 9.90 Å². The van der Waals surface area contributed by atoms with Crippen LogP contribution in [0.3, 0.4) is 0 Å². The Kier molecular flexibility index (Phi) is 16.2. The lowest BCUT2D eigenvalue weighted by atomic mass is 9.99. The van der Waals surface area contributed by atoms with E-state index in [-0.39, 0.29) is 6.04 Å². The van der Waals surface area contributed by atoms with Gasteiger partial charge in [-0.2, -0.15) is 0 Å². The summed E-state index contributed by atoms with van der Waals surface area (Å²) in [6.45, 7) is 5.49. The van der Waals surface area contributed by atoms with Crippen LogP contribution < -0.4 is 5.73 Å². The lowest BCUT2D eigenvalue weighted by Gasteiger charge is -2.12. The molecule has 3 heteroatoms. The Morgan fingerprint density at radius 3 is 1.69 bits per heavy atom. The van der Waals surface area contributed by atoms with E-state index in [0.29, 0.717) is 0 Å². The van der Waals surface area contributed by atoms with Gasteiger partial charge in [-0.05, 0) is 18.9 Å². The summed E-state index contributed by atoms with van der Waals surface area (Å²) < 4.78 is 0. The van der Waals surface area contributed by atoms with Crippen molar-refractivity contribution in [1.29, 1.82) is 0 Å². The van der Waals surface area contributed by atoms with E-state index >= 15 is 0 Å². The number of aliphatic carboxylic acids is 1. The minimum Gasteiger partial charge on any atom is -0.481 e. The number of nitrogens with two attached hydrogens (primary N) is 1. The molecule has 0 saturated heterocycles. The summed E-state index contributed by atoms with van der Waals surface area (Å²) in [6.07, 6.45) is 16.5. The van der Waals surface area contributed by atoms with Crippen LogP contribution in [-0.2, 0) is 4.79 Å². The van der Waals surface area contributed by atoms with Crippen molar-refractivity contribution in [2.45, 2.75) is 104 Å². The quantitative estimate of drug-likeness (QED) is 0.379. The molecule has 3 N–H and O–H groups in total. The second kappa shape index (κ2) is 17.1. The van der Waals surface area contributed by atoms with Gasteiger partial charge in [-0.3, -0.25) is 4.79 Å². The SMILES string of the molecule is CC(=O)O.CCCCCCCCCCCCCC(N)c1ccc(C)cc1. The molecule has 0 aliphatic rings. The molecule has 0 amide bonds. The van der Waals surface area contributed by atoms with Gasteiger partial charge in [0.1, 0.15) is 0 Å². The molecule has 0 radical (unpaired) electrons. The first-order chi connectivity index (χ1) is 12.5. The summed E-state index contributed by atoms with van der Waals surface area (Å²) in [4.78, 5) is 9.00. The average molecular weight is 364 g/mol. The highest BCUT2D eigenvalue weighted by atomic mass is 16.4. The third-order valence-corrected chi connectivity index (χ3v) is 4.62. The van der Waals surface area contributed by atoms with E-state index in [0.717, 1.165) is 13.3 Å². The summed E-state index contributed by atoms with van der Waals surface area (Å²) in [7, 11) is 0. The van der Waals surface area contributed by atoms with Crippen LogP contribution in [0.4, 0.5) is 0 Å². The first-order valence-corrected chi connectivity index (χ1v) is 10.5. The van der Waals surface area contributed by atoms with Gasteiger partial charge in [0.15, 0.2) is 0 Å². The van der Waals surface area contributed by atoms with Crippen LogP contribution in [0, 0.1) is 6.92 Å². The van der Waals surface area contributed by atoms with Crippen LogP contribution in [0.15, 0.2) is 24.3 Å². The van der Waals surface area contributed by atoms with Gasteiger partial charge < -0.3 is 10.8 Å². The van der Waals surface area contributed by atoms with E-state index in [1.807, 2.05) is 0 Å². The Morgan fingerprint density at radius 2 is 1.27 bits per heavy atom. The molecule has 0 aromatic heterocycles. The van der Waals surface area contributed by atoms with Crippen molar-refractivity contribution in [1.82, 2.24) is 0 Å². The number of hydrogen-bond donors (Lipinski definition) is 2. The van der Waals surface area contributed by atoms with Gasteiger partial charge >= 0.3 is 0 Å². The molecular formula is C23H41NO2. The fraction of sp³-hybridized carbons (Fsp3) is 0.696. The molecule has 1 atom stereocenters. The van der Waals surface area contributed by atoms with Crippen molar-refractivity contribution in [2.24, 2.45) is 5.73 Å². The molecular weight excluding hydrogens is 322 g/mol. The van der Waals surface area contributed by atoms with Gasteiger partial charge in [0.25, 0.3) is 5.97 Å². The minimum absolute atomic E-state index is 0.221. The number of unbranched alkanes of at least 4 members (excludes halogenated alkanes) is 10. The summed E-state index contributed by atoms with van der Waals surface area (Å²) >= 11 is 0. The molecule has 0 heterocycles. The van der Waals surface area contributed by atoms with Gasteiger partial charge in [-0.15, -0.1) is 0 Å². The number of carbonyl (C=O) groups is 1. The van der Waals surface area contributed by atoms with Gasteiger partial charge in [-0.25, -0.2) is 0 Å². The Bertz CT molecular complexity index is 438. The van der Waals surface area contributed by atoms with Crippen molar-refractivity contribution in [3.8, 4) is 0 Å². The summed E-state index contributed by atoms with van der Waals surface area (Å²) in [5.74, 6) is -0.833. The second-order valence-electron chi connectivity index (χ2n) is 7.36. The molecule has 0 fully saturated rings. The lowest BCUT2D eigenvalue weighted by molar-refractivity contribution is -0.134. The largest absolute Gasteiger partial charge is 0.481 e. The molecule has 3 nitrogen and oxygen atoms in total. The molecule has 26 heavy (non-hydrogen) atoms. The van der Waals surface area contributed by atoms with Crippen molar-refractivity contribution >= 4 is 5.97 Å². The normalized spacial score (nSPS) is 11.5. The Morgan fingerprint density at radius 1 is 0.885 bits per heavy atom. The molecule has 0 spiro atoms. The van der Waals surface area contributed by atoms with E-state index in [2.05, 4.69) is 38.1 Å². The minimum atomic E-state index is -0.833. The Balaban J connectivity index is 0.00000141. The predicted molar refractivity (Wildman–Crippen MR) is 112 cm³/mol. The van der Waals surface area contributed by atoms with E-state index in [4.69, 9.17) is 15.6 Å². The topological polar surface area (TPSA) is 63.3 Å². The molecule has 1 aromatic rings. The van der Waals surface area contributed by atoms with Crippen LogP contribution in [0.5, 0.6) is 0 Å². The highest BCUT2D eigenvalue weighted by molar-refractivity contribution is 5.62. The fourth-order valence-corrected chi connectivity index (χ4v) is 3.01. The number of aryl methyl sites for hydroxylation is 1. The first-order valence-electron chi connectivity index (χ1n) is 10.5. The second-order valence-corrected chi connectivity index (χ2v) is 7.36. The summed E-state index contributed by atoms with van der Waals surface area (Å²) in [5.41, 5.74) is 8.87. The average Bonchev–Trinajstić information content (AvgIpc) is 2.59. The highest BCUT2D eigenvalue weighted by Gasteiger charge is 2.04. The number of rotatable bonds is 13. The molecule has 0 saturated carbocycles. The third kappa shape index (κ3) is 16.1. The maximum atomic E-state index is 9.00. The standard InChI is InChI=1S/C21H37N.C2H4O2/c1-3-4-5-6-7-8-9-10-11-12-13-14-21(22)20-17-15-19(2)16-18-20;1-2(3)4/h15-18,21H,3-14,22H2,1-2H3;1H3,(H,3,4). The van der Waals surface area contributed by atoms with Crippen molar-refractivity contribution in [2.75, 3.05) is 0 Å². The maximum absolute atomic E-state index is 9.00. The van der Waals surface area contributed by atoms with Crippen molar-refractivity contribution in [3.63, 3.8) is 0 Å². The Labute approximate surface area is 161 Å². The fourth-order valence-electron chi connectivity index (χ4n) is 3.01. The van der Waals surface area contributed by atoms with Gasteiger partial charge in [-0.1, -0.05) is 107 Å². The molecule has 150 valence electrons. The molecule has 0 bridgehead atoms. The van der Waals surface area contributed by atoms with Crippen LogP contribution in [-0.4, -0.2) is 11.1 Å². The summed E-state index contributed by atoms with van der Waals surface area (Å²) in [6, 6.07) is 8.90. The monoisotopic (exact) mass is 363 g/mol. The molecule has 0 aliphatic carbocycles. The first kappa shape index (κ1) is 24.7. The van der Waals surface area contributed by atoms with Crippen LogP contribution in [0.1, 0.15) is 108 Å². The highest BCUT2D eigenvalue weighted by Crippen LogP contribution is 2.19. The molecule has 1 aromatic carbocycles. The van der Waals surface area contributed by atoms with Crippen molar-refractivity contribution in [3.05, 3.63) is 35.4 Å². The lowest BCUT2D eigenvalue weighted by Crippen LogP contribution is -2.09. The van der Waals surface area contributed by atoms with E-state index in [1.165, 1.54) is 81.8 Å². The van der Waals surface area contributed by atoms with E-state index < -0.39 is 5.97 Å². The number of carboxylic acids is 1. The van der Waals surface area contributed by atoms with Gasteiger partial charge in [0, 0.05) is 13.0 Å². The van der Waals surface area contributed by atoms with Crippen LogP contribution in [0.2, 0.25) is 0 Å². The molecule has 1 unspecified atom stereocenters. The van der Waals surface area contributed by atoms with Crippen LogP contribution >= 0.6 is 0 Å². The van der Waals surface area contributed by atoms with Gasteiger partial charge in [0.05, 0.1) is 0 Å². The molecule has 1 rings (SSSR count). The summed E-state index contributed by atoms with van der Waals surface area (Å²) in [5, 5.41) is 7.42. The Hall–Kier alpha value is -1.35. The zero-order chi connectivity index (χ0) is 19.6. The zero-order valence-corrected chi connectivity index (χ0v) is 17.3. The smallest absolute Gasteiger partial charge is 0.300 e. The van der Waals surface area contributed by atoms with Crippen LogP contribution in [0.25, 0.3) is 0 Å². The number of carboxylic acid groups (broad SMARTS) is 1. The zero-order valence-electron chi connectivity index (χ0n) is 17.3. The van der Waals surface area contributed by atoms with E-state index in [1.54, 1.807) is 0 Å². The third-order valence-electron chi connectivity index (χ3n) is 4.62. The predicted octanol–water partition coefficient (Wildman–Crippen LogP) is 6.79. The number of benzene rings is 1. The number of hydrogen-bond acceptors (Lipinski definition) is 2. The molecule has 0 aliphatic heterocycles. The maximum Gasteiger partial charge on any atom is 0.300 e.